The average molecular weight is 680 g/mol. The SMILES string of the molecule is CCCCCCCCCCCCCCCCCCCC/C=C/C(O)C(CO)NC(=O)C(O)CCCCCCCCCCCCCCCC. The topological polar surface area (TPSA) is 89.8 Å². The molecule has 4 N–H and O–H groups in total. The number of carbonyl (C=O) groups excluding carboxylic acids is 1. The fourth-order valence-electron chi connectivity index (χ4n) is 6.71. The Kier molecular flexibility index (Phi) is 38.1. The molecule has 0 aromatic heterocycles. The molecule has 48 heavy (non-hydrogen) atoms. The largest absolute Gasteiger partial charge is 0.394 e. The number of hydrogen-bond acceptors (Lipinski definition) is 4. The van der Waals surface area contributed by atoms with Crippen molar-refractivity contribution in [3.05, 3.63) is 12.2 Å². The third-order valence-electron chi connectivity index (χ3n) is 10.1. The molecule has 0 rings (SSSR count). The summed E-state index contributed by atoms with van der Waals surface area (Å²) in [6.45, 7) is 4.19. The highest BCUT2D eigenvalue weighted by Crippen LogP contribution is 2.16. The first kappa shape index (κ1) is 47.1. The van der Waals surface area contributed by atoms with Crippen LogP contribution < -0.4 is 5.32 Å². The van der Waals surface area contributed by atoms with E-state index in [-0.39, 0.29) is 6.61 Å². The molecule has 3 atom stereocenters. The summed E-state index contributed by atoms with van der Waals surface area (Å²) in [5.41, 5.74) is 0. The van der Waals surface area contributed by atoms with E-state index in [1.54, 1.807) is 6.08 Å². The molecule has 1 amide bonds. The van der Waals surface area contributed by atoms with Crippen molar-refractivity contribution in [2.75, 3.05) is 6.61 Å². The second kappa shape index (κ2) is 38.9. The summed E-state index contributed by atoms with van der Waals surface area (Å²) in [5.74, 6) is -0.500. The van der Waals surface area contributed by atoms with E-state index in [2.05, 4.69) is 19.2 Å². The van der Waals surface area contributed by atoms with Crippen LogP contribution in [0.4, 0.5) is 0 Å². The Balaban J connectivity index is 3.65. The van der Waals surface area contributed by atoms with Gasteiger partial charge >= 0.3 is 0 Å². The molecule has 0 aromatic rings. The van der Waals surface area contributed by atoms with E-state index in [1.807, 2.05) is 6.08 Å². The van der Waals surface area contributed by atoms with Gasteiger partial charge in [-0.2, -0.15) is 0 Å². The summed E-state index contributed by atoms with van der Waals surface area (Å²) in [5, 5.41) is 33.1. The van der Waals surface area contributed by atoms with Gasteiger partial charge in [-0.05, 0) is 19.3 Å². The van der Waals surface area contributed by atoms with Gasteiger partial charge in [-0.25, -0.2) is 0 Å². The van der Waals surface area contributed by atoms with Gasteiger partial charge in [0.2, 0.25) is 5.91 Å². The van der Waals surface area contributed by atoms with Crippen molar-refractivity contribution in [1.82, 2.24) is 5.32 Å². The van der Waals surface area contributed by atoms with Gasteiger partial charge in [0.05, 0.1) is 18.8 Å². The summed E-state index contributed by atoms with van der Waals surface area (Å²) >= 11 is 0. The quantitative estimate of drug-likeness (QED) is 0.0384. The molecule has 0 heterocycles. The van der Waals surface area contributed by atoms with Crippen LogP contribution in [0.15, 0.2) is 12.2 Å². The summed E-state index contributed by atoms with van der Waals surface area (Å²) in [4.78, 5) is 12.4. The number of carbonyl (C=O) groups is 1. The number of amides is 1. The molecule has 0 radical (unpaired) electrons. The van der Waals surface area contributed by atoms with Crippen LogP contribution in [0.25, 0.3) is 0 Å². The van der Waals surface area contributed by atoms with E-state index in [1.165, 1.54) is 180 Å². The zero-order chi connectivity index (χ0) is 35.2. The lowest BCUT2D eigenvalue weighted by molar-refractivity contribution is -0.131. The second-order valence-corrected chi connectivity index (χ2v) is 14.9. The number of aliphatic hydroxyl groups excluding tert-OH is 3. The van der Waals surface area contributed by atoms with E-state index in [4.69, 9.17) is 0 Å². The van der Waals surface area contributed by atoms with Gasteiger partial charge in [0, 0.05) is 0 Å². The minimum atomic E-state index is -1.09. The predicted molar refractivity (Wildman–Crippen MR) is 208 cm³/mol. The van der Waals surface area contributed by atoms with Gasteiger partial charge in [-0.15, -0.1) is 0 Å². The van der Waals surface area contributed by atoms with Crippen molar-refractivity contribution >= 4 is 5.91 Å². The summed E-state index contributed by atoms with van der Waals surface area (Å²) in [7, 11) is 0. The van der Waals surface area contributed by atoms with Gasteiger partial charge in [-0.1, -0.05) is 225 Å². The molecule has 5 nitrogen and oxygen atoms in total. The molecule has 0 bridgehead atoms. The van der Waals surface area contributed by atoms with Crippen LogP contribution in [-0.4, -0.2) is 46.1 Å². The number of unbranched alkanes of at least 4 members (excludes halogenated alkanes) is 31. The second-order valence-electron chi connectivity index (χ2n) is 14.9. The first-order chi connectivity index (χ1) is 23.6. The lowest BCUT2D eigenvalue weighted by Gasteiger charge is -2.21. The Morgan fingerprint density at radius 3 is 1.15 bits per heavy atom. The molecule has 0 spiro atoms. The average Bonchev–Trinajstić information content (AvgIpc) is 3.09. The van der Waals surface area contributed by atoms with Crippen LogP contribution >= 0.6 is 0 Å². The number of nitrogens with one attached hydrogen (secondary N) is 1. The van der Waals surface area contributed by atoms with Crippen molar-refractivity contribution in [2.45, 2.75) is 250 Å². The lowest BCUT2D eigenvalue weighted by Crippen LogP contribution is -2.48. The highest BCUT2D eigenvalue weighted by atomic mass is 16.3. The van der Waals surface area contributed by atoms with Gasteiger partial charge in [0.15, 0.2) is 0 Å². The predicted octanol–water partition coefficient (Wildman–Crippen LogP) is 12.0. The van der Waals surface area contributed by atoms with Crippen LogP contribution in [0, 0.1) is 0 Å². The van der Waals surface area contributed by atoms with Crippen molar-refractivity contribution in [3.8, 4) is 0 Å². The first-order valence-electron chi connectivity index (χ1n) is 21.5. The standard InChI is InChI=1S/C43H85NO4/c1-3-5-7-9-11-13-15-17-19-20-21-22-23-24-26-27-29-31-33-35-37-41(46)40(39-45)44-43(48)42(47)38-36-34-32-30-28-25-18-16-14-12-10-8-6-4-2/h35,37,40-42,45-47H,3-34,36,38-39H2,1-2H3,(H,44,48)/b37-35+. The van der Waals surface area contributed by atoms with Crippen molar-refractivity contribution in [3.63, 3.8) is 0 Å². The minimum Gasteiger partial charge on any atom is -0.394 e. The third-order valence-corrected chi connectivity index (χ3v) is 10.1. The van der Waals surface area contributed by atoms with E-state index in [9.17, 15) is 20.1 Å². The fourth-order valence-corrected chi connectivity index (χ4v) is 6.71. The molecule has 3 unspecified atom stereocenters. The normalized spacial score (nSPS) is 13.7. The molecule has 0 aliphatic rings. The van der Waals surface area contributed by atoms with Crippen LogP contribution in [0.5, 0.6) is 0 Å². The maximum atomic E-state index is 12.4. The summed E-state index contributed by atoms with van der Waals surface area (Å²) in [6, 6.07) is -0.792. The van der Waals surface area contributed by atoms with Crippen molar-refractivity contribution < 1.29 is 20.1 Å². The smallest absolute Gasteiger partial charge is 0.249 e. The Morgan fingerprint density at radius 1 is 0.500 bits per heavy atom. The molecule has 0 saturated carbocycles. The minimum absolute atomic E-state index is 0.359. The van der Waals surface area contributed by atoms with Crippen molar-refractivity contribution in [1.29, 1.82) is 0 Å². The number of hydrogen-bond donors (Lipinski definition) is 4. The molecule has 286 valence electrons. The Morgan fingerprint density at radius 2 is 0.812 bits per heavy atom. The van der Waals surface area contributed by atoms with E-state index >= 15 is 0 Å². The van der Waals surface area contributed by atoms with Crippen LogP contribution in [0.2, 0.25) is 0 Å². The van der Waals surface area contributed by atoms with Crippen LogP contribution in [0.3, 0.4) is 0 Å². The molecule has 0 aliphatic carbocycles. The Bertz CT molecular complexity index is 669. The van der Waals surface area contributed by atoms with E-state index < -0.39 is 24.2 Å². The molecular weight excluding hydrogens is 594 g/mol. The third kappa shape index (κ3) is 33.6. The van der Waals surface area contributed by atoms with E-state index in [0.29, 0.717) is 6.42 Å². The first-order valence-corrected chi connectivity index (χ1v) is 21.5. The van der Waals surface area contributed by atoms with Crippen LogP contribution in [-0.2, 0) is 4.79 Å². The number of aliphatic hydroxyl groups is 3. The lowest BCUT2D eigenvalue weighted by atomic mass is 10.0. The maximum Gasteiger partial charge on any atom is 0.249 e. The molecule has 0 aliphatic heterocycles. The highest BCUT2D eigenvalue weighted by Gasteiger charge is 2.22. The number of allylic oxidation sites excluding steroid dienone is 1. The van der Waals surface area contributed by atoms with Gasteiger partial charge in [0.25, 0.3) is 0 Å². The van der Waals surface area contributed by atoms with Crippen LogP contribution in [0.1, 0.15) is 232 Å². The molecule has 0 saturated heterocycles. The molecule has 0 fully saturated rings. The Hall–Kier alpha value is -0.910. The van der Waals surface area contributed by atoms with Gasteiger partial charge in [-0.3, -0.25) is 4.79 Å². The molecule has 0 aromatic carbocycles. The Labute approximate surface area is 299 Å². The summed E-state index contributed by atoms with van der Waals surface area (Å²) in [6.07, 6.45) is 45.2. The zero-order valence-corrected chi connectivity index (χ0v) is 32.4. The molecular formula is C43H85NO4. The number of rotatable bonds is 39. The van der Waals surface area contributed by atoms with Crippen molar-refractivity contribution in [2.24, 2.45) is 0 Å². The monoisotopic (exact) mass is 680 g/mol. The highest BCUT2D eigenvalue weighted by molar-refractivity contribution is 5.80. The zero-order valence-electron chi connectivity index (χ0n) is 32.4. The summed E-state index contributed by atoms with van der Waals surface area (Å²) < 4.78 is 0. The van der Waals surface area contributed by atoms with Gasteiger partial charge < -0.3 is 20.6 Å². The molecule has 5 heteroatoms. The maximum absolute atomic E-state index is 12.4. The van der Waals surface area contributed by atoms with Gasteiger partial charge in [0.1, 0.15) is 6.10 Å². The van der Waals surface area contributed by atoms with E-state index in [0.717, 1.165) is 32.1 Å². The fraction of sp³-hybridized carbons (Fsp3) is 0.930.